The van der Waals surface area contributed by atoms with Gasteiger partial charge in [0.1, 0.15) is 11.5 Å². The molecule has 0 amide bonds. The largest absolute Gasteiger partial charge is 0.573 e. The fraction of sp³-hybridized carbons (Fsp3) is 0.538. The van der Waals surface area contributed by atoms with Crippen molar-refractivity contribution in [1.82, 2.24) is 0 Å². The molecule has 182 valence electrons. The maximum atomic E-state index is 14.5. The second-order valence-electron chi connectivity index (χ2n) is 8.90. The molecule has 3 rings (SSSR count). The number of rotatable bonds is 10. The van der Waals surface area contributed by atoms with Crippen LogP contribution in [0, 0.1) is 11.8 Å². The quantitative estimate of drug-likeness (QED) is 0.324. The van der Waals surface area contributed by atoms with Crippen LogP contribution in [-0.4, -0.2) is 6.36 Å². The van der Waals surface area contributed by atoms with Crippen molar-refractivity contribution in [2.45, 2.75) is 77.2 Å². The lowest BCUT2D eigenvalue weighted by atomic mass is 9.78. The summed E-state index contributed by atoms with van der Waals surface area (Å²) in [6.07, 6.45) is 2.49. The number of halogens is 5. The number of unbranched alkanes of at least 4 members (excludes halogenated alkanes) is 1. The van der Waals surface area contributed by atoms with E-state index in [-0.39, 0.29) is 11.3 Å². The van der Waals surface area contributed by atoms with Crippen molar-refractivity contribution < 1.29 is 31.4 Å². The van der Waals surface area contributed by atoms with Gasteiger partial charge in [-0.15, -0.1) is 13.2 Å². The highest BCUT2D eigenvalue weighted by atomic mass is 19.4. The van der Waals surface area contributed by atoms with E-state index in [2.05, 4.69) is 11.7 Å². The molecular weight excluding hydrogens is 439 g/mol. The third-order valence-electron chi connectivity index (χ3n) is 6.37. The van der Waals surface area contributed by atoms with Gasteiger partial charge >= 0.3 is 12.5 Å². The fourth-order valence-corrected chi connectivity index (χ4v) is 4.45. The van der Waals surface area contributed by atoms with E-state index >= 15 is 0 Å². The van der Waals surface area contributed by atoms with E-state index in [1.54, 1.807) is 12.1 Å². The van der Waals surface area contributed by atoms with Gasteiger partial charge in [-0.2, -0.15) is 8.78 Å². The minimum Gasteiger partial charge on any atom is -0.429 e. The monoisotopic (exact) mass is 470 g/mol. The zero-order chi connectivity index (χ0) is 23.9. The summed E-state index contributed by atoms with van der Waals surface area (Å²) < 4.78 is 74.1. The van der Waals surface area contributed by atoms with Crippen LogP contribution >= 0.6 is 0 Å². The average Bonchev–Trinajstić information content (AvgIpc) is 2.77. The van der Waals surface area contributed by atoms with Gasteiger partial charge in [0.05, 0.1) is 5.56 Å². The summed E-state index contributed by atoms with van der Waals surface area (Å²) in [5, 5.41) is 0. The molecule has 2 aromatic carbocycles. The first-order valence-corrected chi connectivity index (χ1v) is 11.7. The van der Waals surface area contributed by atoms with Gasteiger partial charge in [-0.3, -0.25) is 0 Å². The van der Waals surface area contributed by atoms with Crippen molar-refractivity contribution in [3.05, 3.63) is 59.7 Å². The molecule has 0 atom stereocenters. The Morgan fingerprint density at radius 3 is 1.76 bits per heavy atom. The molecule has 0 saturated heterocycles. The van der Waals surface area contributed by atoms with Crippen LogP contribution in [0.5, 0.6) is 11.5 Å². The van der Waals surface area contributed by atoms with E-state index in [1.807, 2.05) is 0 Å². The first kappa shape index (κ1) is 25.3. The zero-order valence-electron chi connectivity index (χ0n) is 18.8. The highest BCUT2D eigenvalue weighted by Gasteiger charge is 2.35. The van der Waals surface area contributed by atoms with Crippen LogP contribution in [0.15, 0.2) is 48.5 Å². The molecule has 1 saturated carbocycles. The van der Waals surface area contributed by atoms with Crippen molar-refractivity contribution in [3.8, 4) is 11.5 Å². The molecule has 0 heterocycles. The van der Waals surface area contributed by atoms with E-state index in [1.165, 1.54) is 57.1 Å². The molecule has 33 heavy (non-hydrogen) atoms. The minimum absolute atomic E-state index is 0.256. The Hall–Kier alpha value is -2.31. The van der Waals surface area contributed by atoms with E-state index < -0.39 is 18.2 Å². The van der Waals surface area contributed by atoms with Crippen molar-refractivity contribution in [3.63, 3.8) is 0 Å². The minimum atomic E-state index is -4.85. The highest BCUT2D eigenvalue weighted by Crippen LogP contribution is 2.35. The zero-order valence-corrected chi connectivity index (χ0v) is 18.8. The number of ether oxygens (including phenoxy) is 2. The molecule has 2 aromatic rings. The third-order valence-corrected chi connectivity index (χ3v) is 6.37. The topological polar surface area (TPSA) is 18.5 Å². The van der Waals surface area contributed by atoms with Crippen molar-refractivity contribution in [1.29, 1.82) is 0 Å². The van der Waals surface area contributed by atoms with Gasteiger partial charge in [0.25, 0.3) is 0 Å². The van der Waals surface area contributed by atoms with Gasteiger partial charge in [-0.1, -0.05) is 64.0 Å². The summed E-state index contributed by atoms with van der Waals surface area (Å²) in [4.78, 5) is 0. The Labute approximate surface area is 192 Å². The standard InChI is InChI=1S/C26H31F5O2/c1-2-3-4-19-5-7-20(8-6-19)9-10-21-11-13-22(14-12-21)25(27,28)32-23-15-17-24(18-16-23)33-26(29,30)31/h11-20H,2-10H2,1H3/t19-,20-. The predicted octanol–water partition coefficient (Wildman–Crippen LogP) is 8.64. The maximum Gasteiger partial charge on any atom is 0.573 e. The summed E-state index contributed by atoms with van der Waals surface area (Å²) in [5.74, 6) is 0.817. The van der Waals surface area contributed by atoms with Crippen LogP contribution in [0.1, 0.15) is 69.4 Å². The summed E-state index contributed by atoms with van der Waals surface area (Å²) >= 11 is 0. The Balaban J connectivity index is 1.48. The van der Waals surface area contributed by atoms with Gasteiger partial charge in [0, 0.05) is 0 Å². The molecule has 0 unspecified atom stereocenters. The first-order valence-electron chi connectivity index (χ1n) is 11.7. The average molecular weight is 471 g/mol. The van der Waals surface area contributed by atoms with Crippen LogP contribution in [0.3, 0.4) is 0 Å². The summed E-state index contributed by atoms with van der Waals surface area (Å²) in [5.41, 5.74) is 0.703. The molecule has 0 aliphatic heterocycles. The molecule has 1 fully saturated rings. The lowest BCUT2D eigenvalue weighted by Gasteiger charge is -2.28. The molecule has 7 heteroatoms. The maximum absolute atomic E-state index is 14.5. The van der Waals surface area contributed by atoms with Gasteiger partial charge in [-0.05, 0) is 66.6 Å². The molecule has 0 N–H and O–H groups in total. The summed E-state index contributed by atoms with van der Waals surface area (Å²) in [6, 6.07) is 9.97. The van der Waals surface area contributed by atoms with Crippen molar-refractivity contribution in [2.24, 2.45) is 11.8 Å². The van der Waals surface area contributed by atoms with Crippen molar-refractivity contribution in [2.75, 3.05) is 0 Å². The second-order valence-corrected chi connectivity index (χ2v) is 8.90. The smallest absolute Gasteiger partial charge is 0.429 e. The number of aryl methyl sites for hydroxylation is 1. The number of alkyl halides is 5. The Kier molecular flexibility index (Phi) is 8.60. The number of hydrogen-bond donors (Lipinski definition) is 0. The Morgan fingerprint density at radius 1 is 0.727 bits per heavy atom. The normalized spacial score (nSPS) is 19.3. The number of hydrogen-bond acceptors (Lipinski definition) is 2. The lowest BCUT2D eigenvalue weighted by Crippen LogP contribution is -2.22. The molecule has 0 spiro atoms. The van der Waals surface area contributed by atoms with Crippen LogP contribution in [0.2, 0.25) is 0 Å². The molecule has 1 aliphatic carbocycles. The van der Waals surface area contributed by atoms with Crippen LogP contribution in [0.25, 0.3) is 0 Å². The van der Waals surface area contributed by atoms with E-state index in [4.69, 9.17) is 4.74 Å². The SMILES string of the molecule is CCCC[C@H]1CC[C@H](CCc2ccc(C(F)(F)Oc3ccc(OC(F)(F)F)cc3)cc2)CC1. The van der Waals surface area contributed by atoms with Gasteiger partial charge < -0.3 is 9.47 Å². The number of benzene rings is 2. The molecule has 1 aliphatic rings. The summed E-state index contributed by atoms with van der Waals surface area (Å²) in [7, 11) is 0. The van der Waals surface area contributed by atoms with Gasteiger partial charge in [0.15, 0.2) is 0 Å². The van der Waals surface area contributed by atoms with E-state index in [0.29, 0.717) is 5.92 Å². The molecular formula is C26H31F5O2. The molecule has 0 radical (unpaired) electrons. The van der Waals surface area contributed by atoms with Gasteiger partial charge in [-0.25, -0.2) is 0 Å². The Morgan fingerprint density at radius 2 is 1.24 bits per heavy atom. The lowest BCUT2D eigenvalue weighted by molar-refractivity contribution is -0.274. The van der Waals surface area contributed by atoms with Crippen molar-refractivity contribution >= 4 is 0 Å². The molecule has 0 bridgehead atoms. The van der Waals surface area contributed by atoms with E-state index in [0.717, 1.165) is 48.6 Å². The summed E-state index contributed by atoms with van der Waals surface area (Å²) in [6.45, 7) is 2.23. The third kappa shape index (κ3) is 8.20. The highest BCUT2D eigenvalue weighted by molar-refractivity contribution is 5.33. The second kappa shape index (κ2) is 11.2. The Bertz CT molecular complexity index is 838. The van der Waals surface area contributed by atoms with Crippen LogP contribution < -0.4 is 9.47 Å². The van der Waals surface area contributed by atoms with E-state index in [9.17, 15) is 22.0 Å². The van der Waals surface area contributed by atoms with Crippen LogP contribution in [-0.2, 0) is 12.5 Å². The molecule has 0 aromatic heterocycles. The first-order chi connectivity index (χ1) is 15.6. The van der Waals surface area contributed by atoms with Crippen LogP contribution in [0.4, 0.5) is 22.0 Å². The fourth-order valence-electron chi connectivity index (χ4n) is 4.45. The predicted molar refractivity (Wildman–Crippen MR) is 117 cm³/mol. The van der Waals surface area contributed by atoms with Gasteiger partial charge in [0.2, 0.25) is 0 Å². The molecule has 2 nitrogen and oxygen atoms in total.